The fourth-order valence-corrected chi connectivity index (χ4v) is 2.60. The van der Waals surface area contributed by atoms with Crippen molar-refractivity contribution < 1.29 is 9.84 Å². The van der Waals surface area contributed by atoms with E-state index in [1.807, 2.05) is 0 Å². The first-order valence-corrected chi connectivity index (χ1v) is 7.48. The highest BCUT2D eigenvalue weighted by molar-refractivity contribution is 6.30. The van der Waals surface area contributed by atoms with Gasteiger partial charge in [0.1, 0.15) is 5.75 Å². The van der Waals surface area contributed by atoms with Gasteiger partial charge in [0.25, 0.3) is 0 Å². The van der Waals surface area contributed by atoms with Crippen LogP contribution in [0, 0.1) is 0 Å². The quantitative estimate of drug-likeness (QED) is 0.802. The Morgan fingerprint density at radius 1 is 1.27 bits per heavy atom. The molecule has 116 valence electrons. The van der Waals surface area contributed by atoms with Crippen LogP contribution in [0.15, 0.2) is 30.5 Å². The topological polar surface area (TPSA) is 93.3 Å². The lowest BCUT2D eigenvalue weighted by atomic mass is 10.2. The second kappa shape index (κ2) is 6.37. The molecular weight excluding hydrogens is 304 g/mol. The molecule has 0 radical (unpaired) electrons. The molecule has 1 aliphatic rings. The van der Waals surface area contributed by atoms with Crippen LogP contribution in [-0.2, 0) is 0 Å². The molecule has 0 unspecified atom stereocenters. The highest BCUT2D eigenvalue weighted by Gasteiger charge is 2.24. The van der Waals surface area contributed by atoms with Gasteiger partial charge in [-0.3, -0.25) is 0 Å². The van der Waals surface area contributed by atoms with Crippen LogP contribution in [0.5, 0.6) is 11.5 Å². The van der Waals surface area contributed by atoms with E-state index in [4.69, 9.17) is 22.1 Å². The molecule has 22 heavy (non-hydrogen) atoms. The number of halogens is 1. The van der Waals surface area contributed by atoms with Gasteiger partial charge in [0.2, 0.25) is 5.95 Å². The lowest BCUT2D eigenvalue weighted by molar-refractivity contribution is 0.182. The van der Waals surface area contributed by atoms with Crippen LogP contribution in [0.2, 0.25) is 5.02 Å². The molecule has 0 saturated heterocycles. The summed E-state index contributed by atoms with van der Waals surface area (Å²) >= 11 is 5.86. The van der Waals surface area contributed by atoms with Gasteiger partial charge in [-0.2, -0.15) is 4.98 Å². The summed E-state index contributed by atoms with van der Waals surface area (Å²) in [5.41, 5.74) is 5.66. The average molecular weight is 321 g/mol. The summed E-state index contributed by atoms with van der Waals surface area (Å²) in [5.74, 6) is 1.82. The van der Waals surface area contributed by atoms with Crippen LogP contribution in [0.3, 0.4) is 0 Å². The fraction of sp³-hybridized carbons (Fsp3) is 0.333. The number of aliphatic hydroxyl groups is 1. The molecule has 1 saturated carbocycles. The van der Waals surface area contributed by atoms with E-state index in [0.29, 0.717) is 28.8 Å². The minimum absolute atomic E-state index is 0.150. The summed E-state index contributed by atoms with van der Waals surface area (Å²) in [6, 6.07) is 7.17. The van der Waals surface area contributed by atoms with E-state index in [2.05, 4.69) is 15.3 Å². The number of hydrogen-bond acceptors (Lipinski definition) is 6. The van der Waals surface area contributed by atoms with Gasteiger partial charge in [-0.25, -0.2) is 4.98 Å². The van der Waals surface area contributed by atoms with Crippen LogP contribution >= 0.6 is 11.6 Å². The molecule has 0 amide bonds. The van der Waals surface area contributed by atoms with Crippen molar-refractivity contribution in [3.05, 3.63) is 35.5 Å². The van der Waals surface area contributed by atoms with Gasteiger partial charge < -0.3 is 20.9 Å². The Balaban J connectivity index is 1.79. The largest absolute Gasteiger partial charge is 0.452 e. The molecule has 4 N–H and O–H groups in total. The summed E-state index contributed by atoms with van der Waals surface area (Å²) in [5, 5.41) is 13.5. The molecule has 0 bridgehead atoms. The third kappa shape index (κ3) is 3.58. The molecule has 7 heteroatoms. The third-order valence-electron chi connectivity index (χ3n) is 3.56. The molecule has 2 atom stereocenters. The normalized spacial score (nSPS) is 20.8. The molecule has 3 rings (SSSR count). The Morgan fingerprint density at radius 2 is 2.05 bits per heavy atom. The minimum atomic E-state index is -0.266. The minimum Gasteiger partial charge on any atom is -0.452 e. The summed E-state index contributed by atoms with van der Waals surface area (Å²) in [7, 11) is 0. The molecule has 0 spiro atoms. The van der Waals surface area contributed by atoms with Crippen molar-refractivity contribution in [2.45, 2.75) is 31.4 Å². The number of rotatable bonds is 4. The number of nitrogens with zero attached hydrogens (tertiary/aromatic N) is 2. The van der Waals surface area contributed by atoms with Crippen LogP contribution in [-0.4, -0.2) is 27.2 Å². The molecule has 6 nitrogen and oxygen atoms in total. The van der Waals surface area contributed by atoms with Crippen molar-refractivity contribution >= 4 is 23.4 Å². The second-order valence-electron chi connectivity index (χ2n) is 5.31. The lowest BCUT2D eigenvalue weighted by Gasteiger charge is -2.16. The number of aromatic nitrogens is 2. The maximum absolute atomic E-state index is 9.62. The van der Waals surface area contributed by atoms with Crippen LogP contribution < -0.4 is 15.8 Å². The molecular formula is C15H17ClN4O2. The number of aliphatic hydroxyl groups excluding tert-OH is 1. The lowest BCUT2D eigenvalue weighted by Crippen LogP contribution is -2.18. The molecule has 1 aromatic heterocycles. The van der Waals surface area contributed by atoms with Gasteiger partial charge >= 0.3 is 0 Å². The van der Waals surface area contributed by atoms with Crippen LogP contribution in [0.25, 0.3) is 0 Å². The number of ether oxygens (including phenoxy) is 1. The number of benzene rings is 1. The van der Waals surface area contributed by atoms with Gasteiger partial charge in [-0.05, 0) is 43.5 Å². The highest BCUT2D eigenvalue weighted by atomic mass is 35.5. The van der Waals surface area contributed by atoms with Crippen molar-refractivity contribution in [3.63, 3.8) is 0 Å². The van der Waals surface area contributed by atoms with E-state index in [1.54, 1.807) is 24.3 Å². The average Bonchev–Trinajstić information content (AvgIpc) is 2.89. The molecule has 0 aliphatic heterocycles. The smallest absolute Gasteiger partial charge is 0.222 e. The van der Waals surface area contributed by atoms with E-state index < -0.39 is 0 Å². The van der Waals surface area contributed by atoms with Gasteiger partial charge in [0.05, 0.1) is 12.3 Å². The first kappa shape index (κ1) is 14.9. The zero-order valence-electron chi connectivity index (χ0n) is 11.9. The number of nitrogens with two attached hydrogens (primary N) is 1. The maximum Gasteiger partial charge on any atom is 0.222 e. The summed E-state index contributed by atoms with van der Waals surface area (Å²) in [4.78, 5) is 8.17. The van der Waals surface area contributed by atoms with E-state index in [1.165, 1.54) is 6.20 Å². The van der Waals surface area contributed by atoms with E-state index in [0.717, 1.165) is 12.8 Å². The standard InChI is InChI=1S/C15H17ClN4O2/c16-9-1-5-12(6-2-9)22-13-8-18-15(17)20-14(13)19-10-3-4-11(21)7-10/h1-2,5-6,8,10-11,21H,3-4,7H2,(H3,17,18,19,20)/t10-,11-/m1/s1. The number of nitrogen functional groups attached to an aromatic ring is 1. The number of anilines is 2. The monoisotopic (exact) mass is 320 g/mol. The summed E-state index contributed by atoms with van der Waals surface area (Å²) < 4.78 is 5.79. The summed E-state index contributed by atoms with van der Waals surface area (Å²) in [6.07, 6.45) is 3.61. The van der Waals surface area contributed by atoms with E-state index in [9.17, 15) is 5.11 Å². The number of nitrogens with one attached hydrogen (secondary N) is 1. The van der Waals surface area contributed by atoms with Crippen molar-refractivity contribution in [1.82, 2.24) is 9.97 Å². The Kier molecular flexibility index (Phi) is 4.31. The van der Waals surface area contributed by atoms with Gasteiger partial charge in [-0.1, -0.05) is 11.6 Å². The molecule has 1 fully saturated rings. The van der Waals surface area contributed by atoms with Crippen molar-refractivity contribution in [2.75, 3.05) is 11.1 Å². The third-order valence-corrected chi connectivity index (χ3v) is 3.81. The summed E-state index contributed by atoms with van der Waals surface area (Å²) in [6.45, 7) is 0. The molecule has 1 aromatic carbocycles. The number of hydrogen-bond donors (Lipinski definition) is 3. The van der Waals surface area contributed by atoms with Gasteiger partial charge in [0, 0.05) is 11.1 Å². The van der Waals surface area contributed by atoms with Crippen molar-refractivity contribution in [3.8, 4) is 11.5 Å². The van der Waals surface area contributed by atoms with E-state index in [-0.39, 0.29) is 18.1 Å². The predicted octanol–water partition coefficient (Wildman–Crippen LogP) is 2.83. The SMILES string of the molecule is Nc1ncc(Oc2ccc(Cl)cc2)c(N[C@@H]2CC[C@@H](O)C2)n1. The first-order valence-electron chi connectivity index (χ1n) is 7.10. The van der Waals surface area contributed by atoms with Crippen molar-refractivity contribution in [2.24, 2.45) is 0 Å². The molecule has 1 heterocycles. The zero-order chi connectivity index (χ0) is 15.5. The Labute approximate surface area is 133 Å². The zero-order valence-corrected chi connectivity index (χ0v) is 12.6. The van der Waals surface area contributed by atoms with Crippen molar-refractivity contribution in [1.29, 1.82) is 0 Å². The predicted molar refractivity (Wildman–Crippen MR) is 85.2 cm³/mol. The van der Waals surface area contributed by atoms with E-state index >= 15 is 0 Å². The van der Waals surface area contributed by atoms with Gasteiger partial charge in [-0.15, -0.1) is 0 Å². The highest BCUT2D eigenvalue weighted by Crippen LogP contribution is 2.31. The Hall–Kier alpha value is -2.05. The first-order chi connectivity index (χ1) is 10.6. The maximum atomic E-state index is 9.62. The van der Waals surface area contributed by atoms with Crippen LogP contribution in [0.1, 0.15) is 19.3 Å². The molecule has 1 aliphatic carbocycles. The Bertz CT molecular complexity index is 650. The molecule has 2 aromatic rings. The Morgan fingerprint density at radius 3 is 2.73 bits per heavy atom. The van der Waals surface area contributed by atoms with Gasteiger partial charge in [0.15, 0.2) is 11.6 Å². The fourth-order valence-electron chi connectivity index (χ4n) is 2.47. The second-order valence-corrected chi connectivity index (χ2v) is 5.74. The van der Waals surface area contributed by atoms with Crippen LogP contribution in [0.4, 0.5) is 11.8 Å².